The summed E-state index contributed by atoms with van der Waals surface area (Å²) in [6.45, 7) is 3.44. The third-order valence-corrected chi connectivity index (χ3v) is 3.57. The van der Waals surface area contributed by atoms with Crippen molar-refractivity contribution in [2.45, 2.75) is 0 Å². The summed E-state index contributed by atoms with van der Waals surface area (Å²) in [5, 5.41) is 11.1. The van der Waals surface area contributed by atoms with Crippen molar-refractivity contribution in [1.29, 1.82) is 0 Å². The first-order valence-electron chi connectivity index (χ1n) is 7.55. The fraction of sp³-hybridized carbons (Fsp3) is 0.111. The highest BCUT2D eigenvalue weighted by Gasteiger charge is 2.23. The molecule has 8 heteroatoms. The number of ether oxygens (including phenoxy) is 2. The van der Waals surface area contributed by atoms with Gasteiger partial charge in [0.1, 0.15) is 23.4 Å². The summed E-state index contributed by atoms with van der Waals surface area (Å²) < 4.78 is 15.8. The molecule has 0 aliphatic rings. The Kier molecular flexibility index (Phi) is 4.66. The van der Waals surface area contributed by atoms with Gasteiger partial charge in [0.05, 0.1) is 12.0 Å². The largest absolute Gasteiger partial charge is 0.497 e. The van der Waals surface area contributed by atoms with Crippen LogP contribution in [-0.4, -0.2) is 29.6 Å². The standard InChI is InChI=1S/C18H14N2O6/c1-3-8-25-18(21)14-9-12(20(22)23)10-15-16(14)26-17(19-15)11-4-6-13(24-2)7-5-11/h3-7,9-10H,1,8H2,2H3. The SMILES string of the molecule is C=CCOC(=O)c1cc([N+](=O)[O-])cc2nc(-c3ccc(OC)cc3)oc12. The lowest BCUT2D eigenvalue weighted by Gasteiger charge is -2.02. The highest BCUT2D eigenvalue weighted by atomic mass is 16.6. The predicted molar refractivity (Wildman–Crippen MR) is 93.1 cm³/mol. The maximum absolute atomic E-state index is 12.2. The van der Waals surface area contributed by atoms with Crippen molar-refractivity contribution in [3.8, 4) is 17.2 Å². The van der Waals surface area contributed by atoms with E-state index in [4.69, 9.17) is 13.9 Å². The molecule has 8 nitrogen and oxygen atoms in total. The number of esters is 1. The fourth-order valence-corrected chi connectivity index (χ4v) is 2.34. The first-order valence-corrected chi connectivity index (χ1v) is 7.55. The summed E-state index contributed by atoms with van der Waals surface area (Å²) in [5.41, 5.74) is 0.599. The zero-order valence-corrected chi connectivity index (χ0v) is 13.8. The van der Waals surface area contributed by atoms with Crippen LogP contribution in [-0.2, 0) is 4.74 Å². The third kappa shape index (κ3) is 3.25. The molecule has 2 aromatic carbocycles. The van der Waals surface area contributed by atoms with E-state index in [0.29, 0.717) is 11.3 Å². The minimum absolute atomic E-state index is 0.0253. The van der Waals surface area contributed by atoms with E-state index in [1.54, 1.807) is 31.4 Å². The molecule has 0 aliphatic heterocycles. The number of fused-ring (bicyclic) bond motifs is 1. The third-order valence-electron chi connectivity index (χ3n) is 3.57. The number of rotatable bonds is 6. The number of carbonyl (C=O) groups is 1. The van der Waals surface area contributed by atoms with Gasteiger partial charge in [-0.2, -0.15) is 0 Å². The lowest BCUT2D eigenvalue weighted by Crippen LogP contribution is -2.06. The van der Waals surface area contributed by atoms with Crippen LogP contribution in [0.15, 0.2) is 53.5 Å². The minimum Gasteiger partial charge on any atom is -0.497 e. The smallest absolute Gasteiger partial charge is 0.342 e. The van der Waals surface area contributed by atoms with Gasteiger partial charge in [-0.25, -0.2) is 9.78 Å². The highest BCUT2D eigenvalue weighted by molar-refractivity contribution is 6.02. The Morgan fingerprint density at radius 3 is 2.69 bits per heavy atom. The number of nitro groups is 1. The Balaban J connectivity index is 2.12. The number of non-ortho nitro benzene ring substituents is 1. The first kappa shape index (κ1) is 17.2. The van der Waals surface area contributed by atoms with Crippen molar-refractivity contribution in [2.24, 2.45) is 0 Å². The lowest BCUT2D eigenvalue weighted by atomic mass is 10.1. The average molecular weight is 354 g/mol. The molecule has 0 bridgehead atoms. The van der Waals surface area contributed by atoms with Gasteiger partial charge in [-0.15, -0.1) is 0 Å². The molecule has 1 aromatic heterocycles. The van der Waals surface area contributed by atoms with Gasteiger partial charge in [0, 0.05) is 17.7 Å². The second-order valence-corrected chi connectivity index (χ2v) is 5.23. The summed E-state index contributed by atoms with van der Waals surface area (Å²) in [6.07, 6.45) is 1.40. The van der Waals surface area contributed by atoms with E-state index in [1.165, 1.54) is 12.1 Å². The van der Waals surface area contributed by atoms with Crippen molar-refractivity contribution < 1.29 is 23.6 Å². The minimum atomic E-state index is -0.754. The van der Waals surface area contributed by atoms with Gasteiger partial charge in [-0.3, -0.25) is 10.1 Å². The maximum Gasteiger partial charge on any atom is 0.342 e. The van der Waals surface area contributed by atoms with Crippen LogP contribution in [0.2, 0.25) is 0 Å². The molecule has 0 radical (unpaired) electrons. The van der Waals surface area contributed by atoms with Crippen molar-refractivity contribution in [3.05, 3.63) is 64.7 Å². The number of methoxy groups -OCH3 is 1. The van der Waals surface area contributed by atoms with Gasteiger partial charge in [0.25, 0.3) is 5.69 Å². The number of nitrogens with zero attached hydrogens (tertiary/aromatic N) is 2. The van der Waals surface area contributed by atoms with Crippen LogP contribution < -0.4 is 4.74 Å². The molecule has 0 aliphatic carbocycles. The number of aromatic nitrogens is 1. The molecule has 0 spiro atoms. The molecular formula is C18H14N2O6. The van der Waals surface area contributed by atoms with E-state index in [1.807, 2.05) is 0 Å². The number of oxazole rings is 1. The van der Waals surface area contributed by atoms with Gasteiger partial charge in [-0.1, -0.05) is 12.7 Å². The maximum atomic E-state index is 12.2. The Morgan fingerprint density at radius 2 is 2.08 bits per heavy atom. The summed E-state index contributed by atoms with van der Waals surface area (Å²) in [5.74, 6) is 0.131. The zero-order valence-electron chi connectivity index (χ0n) is 13.8. The summed E-state index contributed by atoms with van der Waals surface area (Å²) >= 11 is 0. The van der Waals surface area contributed by atoms with Crippen LogP contribution in [0.4, 0.5) is 5.69 Å². The van der Waals surface area contributed by atoms with Gasteiger partial charge in [-0.05, 0) is 24.3 Å². The molecular weight excluding hydrogens is 340 g/mol. The lowest BCUT2D eigenvalue weighted by molar-refractivity contribution is -0.384. The van der Waals surface area contributed by atoms with Crippen LogP contribution >= 0.6 is 0 Å². The molecule has 26 heavy (non-hydrogen) atoms. The first-order chi connectivity index (χ1) is 12.5. The molecule has 0 fully saturated rings. The Hall–Kier alpha value is -3.68. The highest BCUT2D eigenvalue weighted by Crippen LogP contribution is 2.31. The van der Waals surface area contributed by atoms with Gasteiger partial charge in [0.2, 0.25) is 5.89 Å². The van der Waals surface area contributed by atoms with Crippen LogP contribution in [0.25, 0.3) is 22.6 Å². The van der Waals surface area contributed by atoms with E-state index in [-0.39, 0.29) is 34.8 Å². The van der Waals surface area contributed by atoms with Crippen molar-refractivity contribution in [1.82, 2.24) is 4.98 Å². The second kappa shape index (κ2) is 7.06. The molecule has 0 amide bonds. The summed E-state index contributed by atoms with van der Waals surface area (Å²) in [7, 11) is 1.55. The quantitative estimate of drug-likeness (QED) is 0.287. The number of hydrogen-bond acceptors (Lipinski definition) is 7. The van der Waals surface area contributed by atoms with Crippen molar-refractivity contribution in [2.75, 3.05) is 13.7 Å². The normalized spacial score (nSPS) is 10.5. The number of nitro benzene ring substituents is 1. The zero-order chi connectivity index (χ0) is 18.7. The van der Waals surface area contributed by atoms with Gasteiger partial charge in [0.15, 0.2) is 5.58 Å². The monoisotopic (exact) mass is 354 g/mol. The van der Waals surface area contributed by atoms with E-state index in [9.17, 15) is 14.9 Å². The van der Waals surface area contributed by atoms with Crippen molar-refractivity contribution >= 4 is 22.8 Å². The Bertz CT molecular complexity index is 991. The number of carbonyl (C=O) groups excluding carboxylic acids is 1. The summed E-state index contributed by atoms with van der Waals surface area (Å²) in [4.78, 5) is 27.0. The molecule has 3 rings (SSSR count). The topological polar surface area (TPSA) is 105 Å². The van der Waals surface area contributed by atoms with Crippen molar-refractivity contribution in [3.63, 3.8) is 0 Å². The predicted octanol–water partition coefficient (Wildman–Crippen LogP) is 3.75. The van der Waals surface area contributed by atoms with Crippen LogP contribution in [0, 0.1) is 10.1 Å². The Labute approximate surface area is 147 Å². The Morgan fingerprint density at radius 1 is 1.35 bits per heavy atom. The molecule has 1 heterocycles. The van der Waals surface area contributed by atoms with Crippen LogP contribution in [0.3, 0.4) is 0 Å². The molecule has 3 aromatic rings. The van der Waals surface area contributed by atoms with E-state index in [0.717, 1.165) is 6.07 Å². The van der Waals surface area contributed by atoms with E-state index in [2.05, 4.69) is 11.6 Å². The summed E-state index contributed by atoms with van der Waals surface area (Å²) in [6, 6.07) is 9.27. The van der Waals surface area contributed by atoms with E-state index >= 15 is 0 Å². The number of hydrogen-bond donors (Lipinski definition) is 0. The van der Waals surface area contributed by atoms with Gasteiger partial charge >= 0.3 is 5.97 Å². The molecule has 0 unspecified atom stereocenters. The molecule has 0 saturated carbocycles. The fourth-order valence-electron chi connectivity index (χ4n) is 2.34. The molecule has 0 saturated heterocycles. The van der Waals surface area contributed by atoms with Crippen LogP contribution in [0.5, 0.6) is 5.75 Å². The molecule has 132 valence electrons. The second-order valence-electron chi connectivity index (χ2n) is 5.23. The van der Waals surface area contributed by atoms with Crippen LogP contribution in [0.1, 0.15) is 10.4 Å². The van der Waals surface area contributed by atoms with Gasteiger partial charge < -0.3 is 13.9 Å². The molecule has 0 N–H and O–H groups in total. The number of benzene rings is 2. The van der Waals surface area contributed by atoms with E-state index < -0.39 is 10.9 Å². The average Bonchev–Trinajstić information content (AvgIpc) is 3.09. The molecule has 0 atom stereocenters.